The first-order valence-electron chi connectivity index (χ1n) is 8.43. The highest BCUT2D eigenvalue weighted by Crippen LogP contribution is 2.39. The van der Waals surface area contributed by atoms with Gasteiger partial charge >= 0.3 is 6.18 Å². The fourth-order valence-electron chi connectivity index (χ4n) is 2.99. The van der Waals surface area contributed by atoms with Crippen molar-refractivity contribution in [2.24, 2.45) is 0 Å². The van der Waals surface area contributed by atoms with Crippen LogP contribution in [0.2, 0.25) is 10.0 Å². The van der Waals surface area contributed by atoms with Crippen LogP contribution in [0.1, 0.15) is 17.0 Å². The molecule has 0 amide bonds. The lowest BCUT2D eigenvalue weighted by atomic mass is 10.2. The van der Waals surface area contributed by atoms with Crippen molar-refractivity contribution < 1.29 is 13.2 Å². The van der Waals surface area contributed by atoms with Gasteiger partial charge in [0.15, 0.2) is 17.2 Å². The van der Waals surface area contributed by atoms with Gasteiger partial charge in [-0.1, -0.05) is 23.2 Å². The van der Waals surface area contributed by atoms with Gasteiger partial charge in [0.05, 0.1) is 27.4 Å². The van der Waals surface area contributed by atoms with Gasteiger partial charge in [0.25, 0.3) is 0 Å². The quantitative estimate of drug-likeness (QED) is 0.457. The lowest BCUT2D eigenvalue weighted by molar-refractivity contribution is -0.137. The summed E-state index contributed by atoms with van der Waals surface area (Å²) in [4.78, 5) is 6.87. The molecule has 0 unspecified atom stereocenters. The number of rotatable bonds is 3. The molecule has 0 atom stereocenters. The highest BCUT2D eigenvalue weighted by Gasteiger charge is 2.33. The van der Waals surface area contributed by atoms with Crippen molar-refractivity contribution in [3.8, 4) is 35.0 Å². The van der Waals surface area contributed by atoms with Crippen molar-refractivity contribution in [2.75, 3.05) is 0 Å². The fourth-order valence-corrected chi connectivity index (χ4v) is 3.64. The summed E-state index contributed by atoms with van der Waals surface area (Å²) in [6.45, 7) is 0. The number of nitriles is 2. The third-order valence-corrected chi connectivity index (χ3v) is 4.90. The molecule has 0 aliphatic rings. The van der Waals surface area contributed by atoms with E-state index >= 15 is 0 Å². The molecule has 12 heteroatoms. The first kappa shape index (κ1) is 20.5. The van der Waals surface area contributed by atoms with Crippen LogP contribution in [0.4, 0.5) is 13.2 Å². The number of hydrogen-bond donors (Lipinski definition) is 1. The van der Waals surface area contributed by atoms with Gasteiger partial charge in [-0.15, -0.1) is 0 Å². The first-order chi connectivity index (χ1) is 14.7. The average molecular weight is 462 g/mol. The zero-order valence-electron chi connectivity index (χ0n) is 15.1. The van der Waals surface area contributed by atoms with Gasteiger partial charge in [0.1, 0.15) is 23.7 Å². The van der Waals surface area contributed by atoms with Crippen molar-refractivity contribution in [1.82, 2.24) is 24.3 Å². The Bertz CT molecular complexity index is 1310. The molecule has 0 saturated carbocycles. The maximum atomic E-state index is 13.1. The average Bonchev–Trinajstić information content (AvgIpc) is 3.44. The number of benzene rings is 1. The predicted octanol–water partition coefficient (Wildman–Crippen LogP) is 5.12. The van der Waals surface area contributed by atoms with E-state index in [2.05, 4.69) is 15.1 Å². The van der Waals surface area contributed by atoms with Crippen LogP contribution in [-0.2, 0) is 6.18 Å². The van der Waals surface area contributed by atoms with Crippen LogP contribution in [0.15, 0.2) is 42.9 Å². The zero-order valence-corrected chi connectivity index (χ0v) is 16.6. The van der Waals surface area contributed by atoms with Gasteiger partial charge in [0.2, 0.25) is 0 Å². The van der Waals surface area contributed by atoms with Crippen LogP contribution in [0.5, 0.6) is 0 Å². The minimum absolute atomic E-state index is 0.0267. The van der Waals surface area contributed by atoms with Gasteiger partial charge < -0.3 is 9.55 Å². The van der Waals surface area contributed by atoms with Crippen LogP contribution in [-0.4, -0.2) is 24.3 Å². The van der Waals surface area contributed by atoms with Crippen LogP contribution < -0.4 is 0 Å². The number of halogens is 5. The highest BCUT2D eigenvalue weighted by atomic mass is 35.5. The van der Waals surface area contributed by atoms with Crippen LogP contribution in [0, 0.1) is 22.7 Å². The van der Waals surface area contributed by atoms with E-state index in [4.69, 9.17) is 23.2 Å². The van der Waals surface area contributed by atoms with E-state index in [9.17, 15) is 23.7 Å². The third kappa shape index (κ3) is 3.52. The summed E-state index contributed by atoms with van der Waals surface area (Å²) < 4.78 is 42.2. The number of nitrogens with one attached hydrogen (secondary N) is 1. The predicted molar refractivity (Wildman–Crippen MR) is 105 cm³/mol. The van der Waals surface area contributed by atoms with Crippen LogP contribution in [0.25, 0.3) is 22.9 Å². The summed E-state index contributed by atoms with van der Waals surface area (Å²) in [5, 5.41) is 22.1. The molecule has 31 heavy (non-hydrogen) atoms. The van der Waals surface area contributed by atoms with Crippen molar-refractivity contribution in [3.05, 3.63) is 69.9 Å². The summed E-state index contributed by atoms with van der Waals surface area (Å²) in [6.07, 6.45) is 0.0885. The number of alkyl halides is 3. The molecule has 0 aliphatic heterocycles. The molecule has 3 heterocycles. The number of nitrogens with zero attached hydrogens (tertiary/aromatic N) is 6. The van der Waals surface area contributed by atoms with Gasteiger partial charge in [-0.05, 0) is 24.3 Å². The highest BCUT2D eigenvalue weighted by molar-refractivity contribution is 6.38. The van der Waals surface area contributed by atoms with E-state index < -0.39 is 11.7 Å². The number of imidazole rings is 1. The Morgan fingerprint density at radius 1 is 1.03 bits per heavy atom. The maximum absolute atomic E-state index is 13.1. The second-order valence-electron chi connectivity index (χ2n) is 6.20. The maximum Gasteiger partial charge on any atom is 0.416 e. The number of hydrogen-bond acceptors (Lipinski definition) is 4. The molecule has 0 bridgehead atoms. The standard InChI is InChI=1S/C19H8Cl2F3N7/c20-12-5-10(19(22,23)24)6-13(21)16(12)31-18(30-3-1-2-4-30)11(9-27-31)17-28-14(7-25)15(8-26)29-17/h1-6,9H,(H,28,29). The normalized spacial score (nSPS) is 11.3. The number of aromatic nitrogens is 5. The van der Waals surface area contributed by atoms with Gasteiger partial charge in [-0.3, -0.25) is 0 Å². The van der Waals surface area contributed by atoms with E-state index in [0.29, 0.717) is 11.4 Å². The van der Waals surface area contributed by atoms with E-state index in [1.54, 1.807) is 29.1 Å². The molecule has 4 aromatic rings. The molecule has 4 rings (SSSR count). The van der Waals surface area contributed by atoms with Crippen molar-refractivity contribution in [1.29, 1.82) is 10.5 Å². The lowest BCUT2D eigenvalue weighted by Gasteiger charge is -2.15. The Labute approximate surface area is 182 Å². The Morgan fingerprint density at radius 2 is 1.68 bits per heavy atom. The molecular formula is C19H8Cl2F3N7. The summed E-state index contributed by atoms with van der Waals surface area (Å²) in [5.41, 5.74) is -0.742. The smallest absolute Gasteiger partial charge is 0.328 e. The molecule has 0 fully saturated rings. The summed E-state index contributed by atoms with van der Waals surface area (Å²) in [6, 6.07) is 8.63. The minimum atomic E-state index is -4.63. The number of H-pyrrole nitrogens is 1. The van der Waals surface area contributed by atoms with Gasteiger partial charge in [-0.2, -0.15) is 28.8 Å². The molecule has 1 aromatic carbocycles. The molecule has 154 valence electrons. The topological polar surface area (TPSA) is 99.0 Å². The largest absolute Gasteiger partial charge is 0.416 e. The molecule has 3 aromatic heterocycles. The molecule has 0 aliphatic carbocycles. The SMILES string of the molecule is N#Cc1nc(-c2cnn(-c3c(Cl)cc(C(F)(F)F)cc3Cl)c2-n2cccc2)[nH]c1C#N. The molecule has 0 saturated heterocycles. The van der Waals surface area contributed by atoms with Crippen LogP contribution >= 0.6 is 23.2 Å². The van der Waals surface area contributed by atoms with Gasteiger partial charge in [-0.25, -0.2) is 9.67 Å². The molecule has 0 radical (unpaired) electrons. The summed E-state index contributed by atoms with van der Waals surface area (Å²) >= 11 is 12.3. The molecule has 1 N–H and O–H groups in total. The Balaban J connectivity index is 1.97. The molecule has 7 nitrogen and oxygen atoms in total. The minimum Gasteiger partial charge on any atom is -0.328 e. The van der Waals surface area contributed by atoms with Crippen molar-refractivity contribution in [2.45, 2.75) is 6.18 Å². The Kier molecular flexibility index (Phi) is 4.97. The van der Waals surface area contributed by atoms with E-state index in [1.807, 2.05) is 12.1 Å². The fraction of sp³-hybridized carbons (Fsp3) is 0.0526. The van der Waals surface area contributed by atoms with E-state index in [0.717, 1.165) is 12.1 Å². The Hall–Kier alpha value is -3.73. The third-order valence-electron chi connectivity index (χ3n) is 4.33. The molecular weight excluding hydrogens is 454 g/mol. The summed E-state index contributed by atoms with van der Waals surface area (Å²) in [5.74, 6) is 0.499. The Morgan fingerprint density at radius 3 is 2.19 bits per heavy atom. The summed E-state index contributed by atoms with van der Waals surface area (Å²) in [7, 11) is 0. The number of aromatic amines is 1. The monoisotopic (exact) mass is 461 g/mol. The van der Waals surface area contributed by atoms with Crippen LogP contribution in [0.3, 0.4) is 0 Å². The van der Waals surface area contributed by atoms with E-state index in [1.165, 1.54) is 10.9 Å². The zero-order chi connectivity index (χ0) is 22.3. The molecule has 0 spiro atoms. The second kappa shape index (κ2) is 7.51. The van der Waals surface area contributed by atoms with Crippen molar-refractivity contribution >= 4 is 23.2 Å². The van der Waals surface area contributed by atoms with Gasteiger partial charge in [0, 0.05) is 12.4 Å². The first-order valence-corrected chi connectivity index (χ1v) is 9.18. The van der Waals surface area contributed by atoms with E-state index in [-0.39, 0.29) is 32.9 Å². The van der Waals surface area contributed by atoms with Crippen molar-refractivity contribution in [3.63, 3.8) is 0 Å². The second-order valence-corrected chi connectivity index (χ2v) is 7.02. The lowest BCUT2D eigenvalue weighted by Crippen LogP contribution is -2.09.